The van der Waals surface area contributed by atoms with E-state index in [4.69, 9.17) is 4.42 Å². The Labute approximate surface area is 147 Å². The predicted octanol–water partition coefficient (Wildman–Crippen LogP) is 2.01. The maximum absolute atomic E-state index is 12.0. The highest BCUT2D eigenvalue weighted by molar-refractivity contribution is 5.85. The molecule has 2 heterocycles. The number of amides is 1. The number of rotatable bonds is 7. The van der Waals surface area contributed by atoms with Gasteiger partial charge < -0.3 is 14.6 Å². The van der Waals surface area contributed by atoms with Crippen LogP contribution in [0.15, 0.2) is 33.5 Å². The first-order chi connectivity index (χ1) is 11.2. The van der Waals surface area contributed by atoms with Gasteiger partial charge in [-0.05, 0) is 57.5 Å². The number of hydrogen-bond acceptors (Lipinski definition) is 4. The number of unbranched alkanes of at least 4 members (excludes halogenated alkanes) is 1. The first kappa shape index (κ1) is 18.5. The molecule has 132 valence electrons. The maximum Gasteiger partial charge on any atom is 0.420 e. The monoisotopic (exact) mass is 353 g/mol. The first-order valence-corrected chi connectivity index (χ1v) is 8.31. The quantitative estimate of drug-likeness (QED) is 0.773. The molecule has 1 aliphatic heterocycles. The van der Waals surface area contributed by atoms with Gasteiger partial charge in [-0.1, -0.05) is 12.1 Å². The number of oxazole rings is 1. The minimum atomic E-state index is -0.490. The Morgan fingerprint density at radius 1 is 1.17 bits per heavy atom. The van der Waals surface area contributed by atoms with Crippen LogP contribution in [-0.4, -0.2) is 41.6 Å². The molecule has 1 aromatic carbocycles. The Morgan fingerprint density at radius 3 is 2.71 bits per heavy atom. The molecule has 1 fully saturated rings. The molecule has 7 heteroatoms. The molecule has 0 radical (unpaired) electrons. The minimum absolute atomic E-state index is 0. The summed E-state index contributed by atoms with van der Waals surface area (Å²) in [6.45, 7) is 4.19. The van der Waals surface area contributed by atoms with E-state index >= 15 is 0 Å². The number of carbonyl (C=O) groups excluding carboxylic acids is 1. The van der Waals surface area contributed by atoms with Crippen molar-refractivity contribution in [2.24, 2.45) is 0 Å². The minimum Gasteiger partial charge on any atom is -0.408 e. The first-order valence-electron chi connectivity index (χ1n) is 8.31. The fraction of sp³-hybridized carbons (Fsp3) is 0.529. The van der Waals surface area contributed by atoms with Gasteiger partial charge in [0.05, 0.1) is 5.52 Å². The van der Waals surface area contributed by atoms with Crippen molar-refractivity contribution in [1.29, 1.82) is 0 Å². The zero-order valence-electron chi connectivity index (χ0n) is 13.7. The number of nitrogens with one attached hydrogen (secondary N) is 1. The van der Waals surface area contributed by atoms with Crippen LogP contribution in [0.5, 0.6) is 0 Å². The molecular weight excluding hydrogens is 330 g/mol. The second-order valence-corrected chi connectivity index (χ2v) is 6.03. The summed E-state index contributed by atoms with van der Waals surface area (Å²) in [6, 6.07) is 7.13. The Hall–Kier alpha value is -1.79. The van der Waals surface area contributed by atoms with Crippen molar-refractivity contribution in [2.45, 2.75) is 32.2 Å². The van der Waals surface area contributed by atoms with E-state index in [2.05, 4.69) is 10.2 Å². The summed E-state index contributed by atoms with van der Waals surface area (Å²) in [5, 5.41) is 2.88. The van der Waals surface area contributed by atoms with Crippen molar-refractivity contribution in [1.82, 2.24) is 14.8 Å². The van der Waals surface area contributed by atoms with Gasteiger partial charge in [0.15, 0.2) is 5.58 Å². The normalized spacial score (nSPS) is 14.7. The molecule has 2 aromatic rings. The smallest absolute Gasteiger partial charge is 0.408 e. The maximum atomic E-state index is 12.0. The van der Waals surface area contributed by atoms with Crippen LogP contribution in [-0.2, 0) is 11.3 Å². The number of benzene rings is 1. The van der Waals surface area contributed by atoms with Crippen molar-refractivity contribution < 1.29 is 9.21 Å². The van der Waals surface area contributed by atoms with Gasteiger partial charge in [-0.3, -0.25) is 9.36 Å². The van der Waals surface area contributed by atoms with Crippen LogP contribution in [0.4, 0.5) is 0 Å². The predicted molar refractivity (Wildman–Crippen MR) is 95.6 cm³/mol. The number of nitrogens with zero attached hydrogens (tertiary/aromatic N) is 2. The molecule has 1 saturated heterocycles. The Kier molecular flexibility index (Phi) is 6.87. The number of hydrogen-bond donors (Lipinski definition) is 1. The zero-order chi connectivity index (χ0) is 16.1. The summed E-state index contributed by atoms with van der Waals surface area (Å²) in [6.07, 6.45) is 4.67. The molecular formula is C17H24ClN3O3. The molecule has 0 saturated carbocycles. The lowest BCUT2D eigenvalue weighted by molar-refractivity contribution is -0.121. The molecule has 0 spiro atoms. The van der Waals surface area contributed by atoms with E-state index in [0.717, 1.165) is 19.4 Å². The van der Waals surface area contributed by atoms with Gasteiger partial charge in [0.2, 0.25) is 5.91 Å². The summed E-state index contributed by atoms with van der Waals surface area (Å²) in [7, 11) is 0. The van der Waals surface area contributed by atoms with E-state index in [9.17, 15) is 9.59 Å². The second kappa shape index (κ2) is 8.89. The molecule has 1 amide bonds. The number of carbonyl (C=O) groups is 1. The SMILES string of the molecule is Cl.O=C(Cn1c(=O)oc2ccccc21)NCCCCN1CCCC1. The molecule has 0 atom stereocenters. The molecule has 1 N–H and O–H groups in total. The number of halogens is 1. The molecule has 1 aliphatic rings. The van der Waals surface area contributed by atoms with Crippen LogP contribution in [0.25, 0.3) is 11.1 Å². The van der Waals surface area contributed by atoms with Gasteiger partial charge in [-0.2, -0.15) is 0 Å². The molecule has 0 aliphatic carbocycles. The third-order valence-corrected chi connectivity index (χ3v) is 4.30. The highest BCUT2D eigenvalue weighted by Crippen LogP contribution is 2.11. The fourth-order valence-corrected chi connectivity index (χ4v) is 3.06. The lowest BCUT2D eigenvalue weighted by atomic mass is 10.3. The number of fused-ring (bicyclic) bond motifs is 1. The third-order valence-electron chi connectivity index (χ3n) is 4.30. The summed E-state index contributed by atoms with van der Waals surface area (Å²) < 4.78 is 6.49. The van der Waals surface area contributed by atoms with Crippen molar-refractivity contribution in [3.63, 3.8) is 0 Å². The van der Waals surface area contributed by atoms with E-state index in [1.165, 1.54) is 30.5 Å². The average Bonchev–Trinajstić information content (AvgIpc) is 3.16. The summed E-state index contributed by atoms with van der Waals surface area (Å²) in [4.78, 5) is 26.3. The molecule has 0 bridgehead atoms. The number of aromatic nitrogens is 1. The van der Waals surface area contributed by atoms with Gasteiger partial charge in [0, 0.05) is 6.54 Å². The van der Waals surface area contributed by atoms with Gasteiger partial charge in [0.1, 0.15) is 6.54 Å². The van der Waals surface area contributed by atoms with Crippen LogP contribution in [0.2, 0.25) is 0 Å². The third kappa shape index (κ3) is 4.61. The van der Waals surface area contributed by atoms with Crippen LogP contribution in [0.1, 0.15) is 25.7 Å². The average molecular weight is 354 g/mol. The molecule has 24 heavy (non-hydrogen) atoms. The second-order valence-electron chi connectivity index (χ2n) is 6.03. The lowest BCUT2D eigenvalue weighted by Gasteiger charge is -2.14. The van der Waals surface area contributed by atoms with Gasteiger partial charge in [0.25, 0.3) is 0 Å². The largest absolute Gasteiger partial charge is 0.420 e. The topological polar surface area (TPSA) is 67.5 Å². The van der Waals surface area contributed by atoms with E-state index in [1.807, 2.05) is 6.07 Å². The molecule has 1 aromatic heterocycles. The van der Waals surface area contributed by atoms with Gasteiger partial charge in [-0.15, -0.1) is 12.4 Å². The lowest BCUT2D eigenvalue weighted by Crippen LogP contribution is -2.31. The molecule has 6 nitrogen and oxygen atoms in total. The summed E-state index contributed by atoms with van der Waals surface area (Å²) >= 11 is 0. The van der Waals surface area contributed by atoms with E-state index < -0.39 is 5.76 Å². The van der Waals surface area contributed by atoms with E-state index in [0.29, 0.717) is 17.6 Å². The Morgan fingerprint density at radius 2 is 1.92 bits per heavy atom. The summed E-state index contributed by atoms with van der Waals surface area (Å²) in [5.41, 5.74) is 1.16. The van der Waals surface area contributed by atoms with Crippen molar-refractivity contribution >= 4 is 29.4 Å². The summed E-state index contributed by atoms with van der Waals surface area (Å²) in [5.74, 6) is -0.643. The van der Waals surface area contributed by atoms with Crippen molar-refractivity contribution in [3.8, 4) is 0 Å². The van der Waals surface area contributed by atoms with E-state index in [1.54, 1.807) is 18.2 Å². The fourth-order valence-electron chi connectivity index (χ4n) is 3.06. The van der Waals surface area contributed by atoms with Crippen LogP contribution < -0.4 is 11.1 Å². The Bertz CT molecular complexity index is 719. The highest BCUT2D eigenvalue weighted by atomic mass is 35.5. The van der Waals surface area contributed by atoms with Gasteiger partial charge >= 0.3 is 5.76 Å². The van der Waals surface area contributed by atoms with Crippen LogP contribution in [0, 0.1) is 0 Å². The molecule has 0 unspecified atom stereocenters. The van der Waals surface area contributed by atoms with Crippen molar-refractivity contribution in [3.05, 3.63) is 34.8 Å². The number of likely N-dealkylation sites (tertiary alicyclic amines) is 1. The zero-order valence-corrected chi connectivity index (χ0v) is 14.5. The highest BCUT2D eigenvalue weighted by Gasteiger charge is 2.12. The molecule has 3 rings (SSSR count). The standard InChI is InChI=1S/C17H23N3O3.ClH/c21-16(18-9-3-4-10-19-11-5-6-12-19)13-20-14-7-1-2-8-15(14)23-17(20)22;/h1-2,7-8H,3-6,9-13H2,(H,18,21);1H. The van der Waals surface area contributed by atoms with Crippen LogP contribution in [0.3, 0.4) is 0 Å². The van der Waals surface area contributed by atoms with Crippen molar-refractivity contribution in [2.75, 3.05) is 26.2 Å². The van der Waals surface area contributed by atoms with Gasteiger partial charge in [-0.25, -0.2) is 4.79 Å². The number of para-hydroxylation sites is 2. The Balaban J connectivity index is 0.00000208. The van der Waals surface area contributed by atoms with Crippen LogP contribution >= 0.6 is 12.4 Å². The van der Waals surface area contributed by atoms with E-state index in [-0.39, 0.29) is 24.9 Å².